The van der Waals surface area contributed by atoms with Crippen molar-refractivity contribution >= 4 is 10.9 Å². The largest absolute Gasteiger partial charge is 0.416 e. The Morgan fingerprint density at radius 2 is 1.88 bits per heavy atom. The molecule has 2 aromatic heterocycles. The molecule has 2 aromatic carbocycles. The van der Waals surface area contributed by atoms with Crippen molar-refractivity contribution in [1.82, 2.24) is 20.1 Å². The molecule has 0 atom stereocenters. The molecule has 26 heavy (non-hydrogen) atoms. The van der Waals surface area contributed by atoms with Gasteiger partial charge in [-0.15, -0.1) is 0 Å². The Balaban J connectivity index is 1.74. The normalized spacial score (nSPS) is 11.8. The van der Waals surface area contributed by atoms with Crippen molar-refractivity contribution in [2.75, 3.05) is 0 Å². The number of hydrogen-bond donors (Lipinski definition) is 1. The highest BCUT2D eigenvalue weighted by atomic mass is 19.4. The number of hydrogen-bond acceptors (Lipinski definition) is 5. The summed E-state index contributed by atoms with van der Waals surface area (Å²) in [7, 11) is 0. The number of nitrogens with one attached hydrogen (secondary N) is 1. The number of rotatable bonds is 2. The molecule has 0 unspecified atom stereocenters. The Bertz CT molecular complexity index is 1160. The second kappa shape index (κ2) is 5.80. The highest BCUT2D eigenvalue weighted by molar-refractivity contribution is 5.82. The van der Waals surface area contributed by atoms with Crippen LogP contribution in [-0.4, -0.2) is 20.1 Å². The first kappa shape index (κ1) is 16.0. The van der Waals surface area contributed by atoms with Crippen LogP contribution in [0.1, 0.15) is 5.56 Å². The van der Waals surface area contributed by atoms with Gasteiger partial charge >= 0.3 is 6.18 Å². The lowest BCUT2D eigenvalue weighted by atomic mass is 10.1. The lowest BCUT2D eigenvalue weighted by Crippen LogP contribution is -2.05. The highest BCUT2D eigenvalue weighted by Crippen LogP contribution is 2.32. The Labute approximate surface area is 143 Å². The van der Waals surface area contributed by atoms with Crippen molar-refractivity contribution in [2.24, 2.45) is 0 Å². The molecule has 1 N–H and O–H groups in total. The van der Waals surface area contributed by atoms with Gasteiger partial charge < -0.3 is 9.51 Å². The van der Waals surface area contributed by atoms with E-state index in [0.29, 0.717) is 16.5 Å². The molecule has 2 heterocycles. The van der Waals surface area contributed by atoms with Gasteiger partial charge in [-0.05, 0) is 30.3 Å². The molecule has 0 saturated carbocycles. The molecule has 0 saturated heterocycles. The van der Waals surface area contributed by atoms with Crippen LogP contribution in [0.4, 0.5) is 13.2 Å². The predicted octanol–water partition coefficient (Wildman–Crippen LogP) is 3.66. The van der Waals surface area contributed by atoms with Crippen LogP contribution in [0.5, 0.6) is 0 Å². The smallest absolute Gasteiger partial charge is 0.334 e. The predicted molar refractivity (Wildman–Crippen MR) is 86.1 cm³/mol. The molecular weight excluding hydrogens is 349 g/mol. The minimum Gasteiger partial charge on any atom is -0.334 e. The molecule has 0 spiro atoms. The average molecular weight is 358 g/mol. The molecule has 4 aromatic rings. The lowest BCUT2D eigenvalue weighted by molar-refractivity contribution is -0.137. The molecule has 0 amide bonds. The van der Waals surface area contributed by atoms with Gasteiger partial charge in [0, 0.05) is 11.1 Å². The van der Waals surface area contributed by atoms with E-state index in [1.807, 2.05) is 0 Å². The fourth-order valence-corrected chi connectivity index (χ4v) is 2.49. The maximum absolute atomic E-state index is 12.8. The van der Waals surface area contributed by atoms with E-state index in [-0.39, 0.29) is 22.8 Å². The highest BCUT2D eigenvalue weighted by Gasteiger charge is 2.30. The molecule has 0 bridgehead atoms. The third kappa shape index (κ3) is 2.83. The number of aromatic nitrogens is 4. The van der Waals surface area contributed by atoms with E-state index in [1.165, 1.54) is 18.5 Å². The molecule has 0 aliphatic carbocycles. The van der Waals surface area contributed by atoms with Crippen molar-refractivity contribution in [3.8, 4) is 22.8 Å². The first-order valence-corrected chi connectivity index (χ1v) is 7.41. The van der Waals surface area contributed by atoms with E-state index in [0.717, 1.165) is 12.1 Å². The number of benzene rings is 2. The zero-order valence-corrected chi connectivity index (χ0v) is 12.9. The SMILES string of the molecule is O=c1[nH]cnc2cc(-c3noc(-c4cccc(C(F)(F)F)c4)n3)ccc12. The van der Waals surface area contributed by atoms with Gasteiger partial charge in [0.2, 0.25) is 5.82 Å². The van der Waals surface area contributed by atoms with Crippen LogP contribution in [0.25, 0.3) is 33.7 Å². The maximum Gasteiger partial charge on any atom is 0.416 e. The fourth-order valence-electron chi connectivity index (χ4n) is 2.49. The minimum atomic E-state index is -4.46. The zero-order valence-electron chi connectivity index (χ0n) is 12.9. The van der Waals surface area contributed by atoms with Crippen LogP contribution < -0.4 is 5.56 Å². The molecule has 0 radical (unpaired) electrons. The van der Waals surface area contributed by atoms with E-state index < -0.39 is 11.7 Å². The first-order valence-electron chi connectivity index (χ1n) is 7.41. The Morgan fingerprint density at radius 1 is 1.04 bits per heavy atom. The summed E-state index contributed by atoms with van der Waals surface area (Å²) in [6.07, 6.45) is -3.19. The molecule has 0 aliphatic rings. The third-order valence-electron chi connectivity index (χ3n) is 3.76. The lowest BCUT2D eigenvalue weighted by Gasteiger charge is -2.06. The molecule has 4 rings (SSSR count). The van der Waals surface area contributed by atoms with Gasteiger partial charge in [0.1, 0.15) is 0 Å². The summed E-state index contributed by atoms with van der Waals surface area (Å²) in [5, 5.41) is 4.20. The Kier molecular flexibility index (Phi) is 3.57. The van der Waals surface area contributed by atoms with Crippen molar-refractivity contribution < 1.29 is 17.7 Å². The number of H-pyrrole nitrogens is 1. The summed E-state index contributed by atoms with van der Waals surface area (Å²) in [5.41, 5.74) is 0.0476. The molecule has 6 nitrogen and oxygen atoms in total. The summed E-state index contributed by atoms with van der Waals surface area (Å²) >= 11 is 0. The van der Waals surface area contributed by atoms with Gasteiger partial charge in [0.25, 0.3) is 11.4 Å². The van der Waals surface area contributed by atoms with Gasteiger partial charge in [-0.2, -0.15) is 18.2 Å². The second-order valence-electron chi connectivity index (χ2n) is 5.47. The fraction of sp³-hybridized carbons (Fsp3) is 0.0588. The second-order valence-corrected chi connectivity index (χ2v) is 5.47. The van der Waals surface area contributed by atoms with Crippen LogP contribution in [0.15, 0.2) is 58.1 Å². The number of aromatic amines is 1. The summed E-state index contributed by atoms with van der Waals surface area (Å²) < 4.78 is 43.6. The molecule has 9 heteroatoms. The van der Waals surface area contributed by atoms with E-state index in [4.69, 9.17) is 4.52 Å². The van der Waals surface area contributed by atoms with Crippen molar-refractivity contribution in [2.45, 2.75) is 6.18 Å². The van der Waals surface area contributed by atoms with Gasteiger partial charge in [0.15, 0.2) is 0 Å². The Hall–Kier alpha value is -3.49. The van der Waals surface area contributed by atoms with E-state index in [2.05, 4.69) is 20.1 Å². The summed E-state index contributed by atoms with van der Waals surface area (Å²) in [4.78, 5) is 22.4. The third-order valence-corrected chi connectivity index (χ3v) is 3.76. The van der Waals surface area contributed by atoms with Crippen LogP contribution in [0, 0.1) is 0 Å². The number of fused-ring (bicyclic) bond motifs is 1. The topological polar surface area (TPSA) is 84.7 Å². The average Bonchev–Trinajstić information content (AvgIpc) is 3.11. The van der Waals surface area contributed by atoms with Crippen molar-refractivity contribution in [1.29, 1.82) is 0 Å². The summed E-state index contributed by atoms with van der Waals surface area (Å²) in [6, 6.07) is 9.41. The van der Waals surface area contributed by atoms with Crippen LogP contribution in [0.2, 0.25) is 0 Å². The molecular formula is C17H9F3N4O2. The molecule has 0 aliphatic heterocycles. The van der Waals surface area contributed by atoms with E-state index in [9.17, 15) is 18.0 Å². The molecule has 0 fully saturated rings. The van der Waals surface area contributed by atoms with E-state index >= 15 is 0 Å². The first-order chi connectivity index (χ1) is 12.4. The summed E-state index contributed by atoms with van der Waals surface area (Å²) in [5.74, 6) is 0.145. The standard InChI is InChI=1S/C17H9F3N4O2/c18-17(19,20)11-3-1-2-10(6-11)16-23-14(24-26-16)9-4-5-12-13(7-9)21-8-22-15(12)25/h1-8H,(H,21,22,25). The Morgan fingerprint density at radius 3 is 2.69 bits per heavy atom. The van der Waals surface area contributed by atoms with E-state index in [1.54, 1.807) is 18.2 Å². The van der Waals surface area contributed by atoms with Crippen LogP contribution in [-0.2, 0) is 6.18 Å². The van der Waals surface area contributed by atoms with Gasteiger partial charge in [-0.3, -0.25) is 4.79 Å². The minimum absolute atomic E-state index is 0.0370. The summed E-state index contributed by atoms with van der Waals surface area (Å²) in [6.45, 7) is 0. The monoisotopic (exact) mass is 358 g/mol. The van der Waals surface area contributed by atoms with Crippen LogP contribution >= 0.6 is 0 Å². The van der Waals surface area contributed by atoms with Gasteiger partial charge in [-0.1, -0.05) is 17.3 Å². The van der Waals surface area contributed by atoms with Crippen molar-refractivity contribution in [3.63, 3.8) is 0 Å². The number of alkyl halides is 3. The van der Waals surface area contributed by atoms with Crippen molar-refractivity contribution in [3.05, 3.63) is 64.7 Å². The number of halogens is 3. The maximum atomic E-state index is 12.8. The molecule has 130 valence electrons. The quantitative estimate of drug-likeness (QED) is 0.591. The van der Waals surface area contributed by atoms with Gasteiger partial charge in [-0.25, -0.2) is 4.98 Å². The van der Waals surface area contributed by atoms with Crippen LogP contribution in [0.3, 0.4) is 0 Å². The van der Waals surface area contributed by atoms with Gasteiger partial charge in [0.05, 0.1) is 22.8 Å². The zero-order chi connectivity index (χ0) is 18.3. The number of nitrogens with zero attached hydrogens (tertiary/aromatic N) is 3.